The van der Waals surface area contributed by atoms with Gasteiger partial charge in [-0.15, -0.1) is 6.58 Å². The predicted molar refractivity (Wildman–Crippen MR) is 174 cm³/mol. The highest BCUT2D eigenvalue weighted by Crippen LogP contribution is 2.47. The molecule has 1 aliphatic rings. The zero-order chi connectivity index (χ0) is 30.0. The van der Waals surface area contributed by atoms with E-state index < -0.39 is 0 Å². The predicted octanol–water partition coefficient (Wildman–Crippen LogP) is 10.4. The lowest BCUT2D eigenvalue weighted by molar-refractivity contribution is -0.151. The Morgan fingerprint density at radius 1 is 0.949 bits per heavy atom. The van der Waals surface area contributed by atoms with Crippen LogP contribution in [0.4, 0.5) is 0 Å². The van der Waals surface area contributed by atoms with E-state index in [9.17, 15) is 4.79 Å². The third kappa shape index (κ3) is 12.0. The summed E-state index contributed by atoms with van der Waals surface area (Å²) in [5, 5.41) is 0. The van der Waals surface area contributed by atoms with Gasteiger partial charge in [0.15, 0.2) is 0 Å². The molecule has 1 saturated heterocycles. The fourth-order valence-electron chi connectivity index (χ4n) is 5.18. The van der Waals surface area contributed by atoms with E-state index in [1.165, 1.54) is 40.7 Å². The number of aryl methyl sites for hydroxylation is 2. The number of rotatable bonds is 8. The second-order valence-electron chi connectivity index (χ2n) is 11.1. The molecule has 39 heavy (non-hydrogen) atoms. The van der Waals surface area contributed by atoms with Crippen LogP contribution < -0.4 is 0 Å². The zero-order valence-corrected chi connectivity index (χ0v) is 27.1. The van der Waals surface area contributed by atoms with E-state index in [2.05, 4.69) is 109 Å². The third-order valence-electron chi connectivity index (χ3n) is 7.11. The van der Waals surface area contributed by atoms with E-state index in [0.717, 1.165) is 25.7 Å². The Hall–Kier alpha value is -2.61. The molecule has 2 heteroatoms. The van der Waals surface area contributed by atoms with Gasteiger partial charge in [0.2, 0.25) is 5.91 Å². The summed E-state index contributed by atoms with van der Waals surface area (Å²) in [5.41, 5.74) is 6.13. The molecule has 0 aromatic heterocycles. The van der Waals surface area contributed by atoms with E-state index in [0.29, 0.717) is 12.5 Å². The number of carbonyl (C=O) groups is 1. The average molecular weight is 534 g/mol. The highest BCUT2D eigenvalue weighted by atomic mass is 16.2. The summed E-state index contributed by atoms with van der Waals surface area (Å²) in [6, 6.07) is 19.5. The molecule has 0 bridgehead atoms. The monoisotopic (exact) mass is 533 g/mol. The summed E-state index contributed by atoms with van der Waals surface area (Å²) < 4.78 is 0. The van der Waals surface area contributed by atoms with Gasteiger partial charge in [-0.3, -0.25) is 4.79 Å². The van der Waals surface area contributed by atoms with Crippen LogP contribution >= 0.6 is 0 Å². The number of allylic oxidation sites excluding steroid dienone is 1. The van der Waals surface area contributed by atoms with E-state index in [1.54, 1.807) is 0 Å². The van der Waals surface area contributed by atoms with Crippen LogP contribution in [-0.2, 0) is 17.6 Å². The molecule has 3 rings (SSSR count). The molecule has 0 N–H and O–H groups in total. The minimum atomic E-state index is -0.292. The molecule has 2 aromatic rings. The van der Waals surface area contributed by atoms with Gasteiger partial charge in [0.05, 0.1) is 5.41 Å². The van der Waals surface area contributed by atoms with Crippen molar-refractivity contribution < 1.29 is 4.79 Å². The largest absolute Gasteiger partial charge is 0.336 e. The van der Waals surface area contributed by atoms with Gasteiger partial charge in [-0.2, -0.15) is 0 Å². The first-order valence-electron chi connectivity index (χ1n) is 15.2. The van der Waals surface area contributed by atoms with Crippen molar-refractivity contribution in [2.45, 2.75) is 114 Å². The van der Waals surface area contributed by atoms with E-state index in [1.807, 2.05) is 32.6 Å². The lowest BCUT2D eigenvalue weighted by Gasteiger charge is -2.49. The van der Waals surface area contributed by atoms with Crippen LogP contribution in [0.5, 0.6) is 0 Å². The Balaban J connectivity index is 0.000000790. The van der Waals surface area contributed by atoms with Gasteiger partial charge in [-0.25, -0.2) is 0 Å². The fourth-order valence-corrected chi connectivity index (χ4v) is 5.18. The molecule has 0 aliphatic carbocycles. The van der Waals surface area contributed by atoms with Gasteiger partial charge < -0.3 is 4.90 Å². The van der Waals surface area contributed by atoms with Crippen molar-refractivity contribution in [3.63, 3.8) is 0 Å². The Bertz CT molecular complexity index is 953. The third-order valence-corrected chi connectivity index (χ3v) is 7.11. The van der Waals surface area contributed by atoms with Crippen LogP contribution in [0.3, 0.4) is 0 Å². The molecule has 0 radical (unpaired) electrons. The van der Waals surface area contributed by atoms with Crippen molar-refractivity contribution in [3.05, 3.63) is 95.6 Å². The summed E-state index contributed by atoms with van der Waals surface area (Å²) in [6.45, 7) is 29.5. The average Bonchev–Trinajstić information content (AvgIpc) is 2.91. The van der Waals surface area contributed by atoms with Gasteiger partial charge >= 0.3 is 0 Å². The summed E-state index contributed by atoms with van der Waals surface area (Å²) in [6.07, 6.45) is 6.23. The number of carbonyl (C=O) groups excluding carboxylic acids is 1. The van der Waals surface area contributed by atoms with Crippen LogP contribution in [-0.4, -0.2) is 23.4 Å². The molecular weight excluding hydrogens is 474 g/mol. The van der Waals surface area contributed by atoms with Crippen molar-refractivity contribution in [2.75, 3.05) is 6.54 Å². The second kappa shape index (κ2) is 19.4. The number of hydrogen-bond acceptors (Lipinski definition) is 1. The molecule has 0 saturated carbocycles. The quantitative estimate of drug-likeness (QED) is 0.309. The first-order chi connectivity index (χ1) is 18.5. The topological polar surface area (TPSA) is 20.3 Å². The normalized spacial score (nSPS) is 18.2. The summed E-state index contributed by atoms with van der Waals surface area (Å²) >= 11 is 0. The number of benzene rings is 2. The summed E-state index contributed by atoms with van der Waals surface area (Å²) in [4.78, 5) is 15.4. The van der Waals surface area contributed by atoms with Crippen LogP contribution in [0.2, 0.25) is 0 Å². The maximum Gasteiger partial charge on any atom is 0.229 e. The van der Waals surface area contributed by atoms with Crippen molar-refractivity contribution >= 4 is 5.91 Å². The van der Waals surface area contributed by atoms with Gasteiger partial charge in [-0.1, -0.05) is 125 Å². The Morgan fingerprint density at radius 2 is 1.49 bits per heavy atom. The molecule has 1 unspecified atom stereocenters. The molecule has 2 aromatic carbocycles. The highest BCUT2D eigenvalue weighted by molar-refractivity contribution is 5.85. The lowest BCUT2D eigenvalue weighted by Crippen LogP contribution is -2.56. The van der Waals surface area contributed by atoms with Crippen LogP contribution in [0.1, 0.15) is 105 Å². The molecule has 0 spiro atoms. The minimum Gasteiger partial charge on any atom is -0.336 e. The number of hydrogen-bond donors (Lipinski definition) is 0. The van der Waals surface area contributed by atoms with Gasteiger partial charge in [0.25, 0.3) is 0 Å². The number of amides is 1. The first kappa shape index (κ1) is 36.4. The molecular formula is C37H59NO. The molecule has 1 fully saturated rings. The molecule has 1 heterocycles. The smallest absolute Gasteiger partial charge is 0.229 e. The molecule has 2 atom stereocenters. The van der Waals surface area contributed by atoms with Crippen LogP contribution in [0, 0.1) is 18.3 Å². The van der Waals surface area contributed by atoms with Crippen molar-refractivity contribution in [2.24, 2.45) is 11.3 Å². The van der Waals surface area contributed by atoms with Crippen molar-refractivity contribution in [1.29, 1.82) is 0 Å². The Morgan fingerprint density at radius 3 is 1.92 bits per heavy atom. The van der Waals surface area contributed by atoms with E-state index in [4.69, 9.17) is 0 Å². The van der Waals surface area contributed by atoms with E-state index in [-0.39, 0.29) is 17.4 Å². The summed E-state index contributed by atoms with van der Waals surface area (Å²) in [5.74, 6) is 0.582. The maximum atomic E-state index is 13.4. The Kier molecular flexibility index (Phi) is 18.1. The summed E-state index contributed by atoms with van der Waals surface area (Å²) in [7, 11) is 0. The fraction of sp³-hybridized carbons (Fsp3) is 0.541. The molecule has 2 nitrogen and oxygen atoms in total. The number of likely N-dealkylation sites (tertiary alicyclic amines) is 1. The van der Waals surface area contributed by atoms with Crippen molar-refractivity contribution in [3.8, 4) is 0 Å². The number of piperidine rings is 1. The maximum absolute atomic E-state index is 13.4. The number of nitrogens with zero attached hydrogens (tertiary/aromatic N) is 1. The zero-order valence-electron chi connectivity index (χ0n) is 27.1. The highest BCUT2D eigenvalue weighted by Gasteiger charge is 2.50. The first-order valence-corrected chi connectivity index (χ1v) is 15.2. The van der Waals surface area contributed by atoms with Crippen LogP contribution in [0.15, 0.2) is 78.9 Å². The van der Waals surface area contributed by atoms with Gasteiger partial charge in [0, 0.05) is 12.6 Å². The van der Waals surface area contributed by atoms with E-state index >= 15 is 0 Å². The van der Waals surface area contributed by atoms with Gasteiger partial charge in [0.1, 0.15) is 0 Å². The molecule has 1 aliphatic heterocycles. The minimum absolute atomic E-state index is 0.234. The van der Waals surface area contributed by atoms with Crippen molar-refractivity contribution in [1.82, 2.24) is 4.90 Å². The SMILES string of the molecule is C=C(C)C.C=C1CN(C(C)C)C(=O)[C@@](CC)(CCC)C1Cc1ccc(C)cc1.CC.CCCc1ccccc1. The standard InChI is InChI=1S/C22H33NO.C9H12.C4H8.C2H6/c1-7-13-22(8-2)20(14-19-11-9-17(5)10-12-19)18(6)15-23(16(3)4)21(22)24;1-2-6-9-7-4-3-5-8-9;1-4(2)3;1-2/h9-12,16,20H,6-8,13-15H2,1-5H3;3-5,7-8H,2,6H2,1H3;1H2,2-3H3;1-2H3/t20?,22-;;;/m0.../s1. The second-order valence-corrected chi connectivity index (χ2v) is 11.1. The lowest BCUT2D eigenvalue weighted by atomic mass is 9.62. The Labute approximate surface area is 242 Å². The molecule has 218 valence electrons. The van der Waals surface area contributed by atoms with Gasteiger partial charge in [-0.05, 0) is 77.3 Å². The van der Waals surface area contributed by atoms with Crippen LogP contribution in [0.25, 0.3) is 0 Å². The molecule has 1 amide bonds.